The van der Waals surface area contributed by atoms with E-state index in [0.717, 1.165) is 18.5 Å². The van der Waals surface area contributed by atoms with Gasteiger partial charge in [-0.05, 0) is 49.1 Å². The Balaban J connectivity index is 1.85. The average Bonchev–Trinajstić information content (AvgIpc) is 2.47. The third kappa shape index (κ3) is 4.55. The Bertz CT molecular complexity index is 571. The summed E-state index contributed by atoms with van der Waals surface area (Å²) in [5, 5.41) is 3.93. The molecule has 0 amide bonds. The van der Waals surface area contributed by atoms with E-state index in [9.17, 15) is 4.39 Å². The van der Waals surface area contributed by atoms with Gasteiger partial charge in [0.05, 0.1) is 0 Å². The van der Waals surface area contributed by atoms with Gasteiger partial charge in [-0.25, -0.2) is 4.39 Å². The highest BCUT2D eigenvalue weighted by molar-refractivity contribution is 6.31. The van der Waals surface area contributed by atoms with Gasteiger partial charge in [0, 0.05) is 11.1 Å². The number of hydrogen-bond acceptors (Lipinski definition) is 1. The maximum atomic E-state index is 13.1. The molecule has 0 saturated carbocycles. The molecule has 0 bridgehead atoms. The Kier molecular flexibility index (Phi) is 5.77. The fraction of sp³-hybridized carbons (Fsp3) is 0.333. The van der Waals surface area contributed by atoms with E-state index in [4.69, 9.17) is 11.6 Å². The van der Waals surface area contributed by atoms with Gasteiger partial charge in [0.25, 0.3) is 0 Å². The zero-order chi connectivity index (χ0) is 15.2. The molecule has 0 aliphatic heterocycles. The first-order valence-corrected chi connectivity index (χ1v) is 7.69. The fourth-order valence-corrected chi connectivity index (χ4v) is 2.76. The highest BCUT2D eigenvalue weighted by Gasteiger charge is 2.11. The number of nitrogens with one attached hydrogen (secondary N) is 1. The molecule has 112 valence electrons. The topological polar surface area (TPSA) is 12.0 Å². The van der Waals surface area contributed by atoms with E-state index in [1.807, 2.05) is 13.0 Å². The van der Waals surface area contributed by atoms with Crippen LogP contribution >= 0.6 is 11.6 Å². The molecule has 2 rings (SSSR count). The second-order valence-corrected chi connectivity index (χ2v) is 5.85. The lowest BCUT2D eigenvalue weighted by molar-refractivity contribution is 0.530. The molecule has 0 fully saturated rings. The van der Waals surface area contributed by atoms with Gasteiger partial charge in [-0.3, -0.25) is 0 Å². The summed E-state index contributed by atoms with van der Waals surface area (Å²) in [5.41, 5.74) is 2.29. The molecule has 0 spiro atoms. The second kappa shape index (κ2) is 7.58. The summed E-state index contributed by atoms with van der Waals surface area (Å²) in [6.45, 7) is 5.17. The van der Waals surface area contributed by atoms with Crippen LogP contribution in [0.4, 0.5) is 4.39 Å². The first-order valence-electron chi connectivity index (χ1n) is 7.31. The molecule has 21 heavy (non-hydrogen) atoms. The summed E-state index contributed by atoms with van der Waals surface area (Å²) >= 11 is 6.08. The third-order valence-electron chi connectivity index (χ3n) is 3.83. The van der Waals surface area contributed by atoms with Crippen LogP contribution in [0.15, 0.2) is 48.5 Å². The van der Waals surface area contributed by atoms with Gasteiger partial charge in [0.15, 0.2) is 0 Å². The van der Waals surface area contributed by atoms with Crippen LogP contribution < -0.4 is 5.32 Å². The molecule has 0 aliphatic carbocycles. The Hall–Kier alpha value is -1.38. The summed E-state index contributed by atoms with van der Waals surface area (Å²) in [6, 6.07) is 15.2. The van der Waals surface area contributed by atoms with Crippen molar-refractivity contribution < 1.29 is 4.39 Å². The molecule has 0 aromatic heterocycles. The van der Waals surface area contributed by atoms with E-state index in [1.165, 1.54) is 17.7 Å². The molecule has 1 N–H and O–H groups in total. The monoisotopic (exact) mass is 305 g/mol. The lowest BCUT2D eigenvalue weighted by Crippen LogP contribution is -2.21. The predicted octanol–water partition coefficient (Wildman–Crippen LogP) is 5.32. The van der Waals surface area contributed by atoms with E-state index in [1.54, 1.807) is 6.07 Å². The van der Waals surface area contributed by atoms with Crippen molar-refractivity contribution in [3.63, 3.8) is 0 Å². The Morgan fingerprint density at radius 2 is 1.81 bits per heavy atom. The third-order valence-corrected chi connectivity index (χ3v) is 4.15. The van der Waals surface area contributed by atoms with E-state index < -0.39 is 0 Å². The van der Waals surface area contributed by atoms with E-state index in [0.29, 0.717) is 10.9 Å². The predicted molar refractivity (Wildman–Crippen MR) is 87.3 cm³/mol. The minimum Gasteiger partial charge on any atom is -0.310 e. The molecule has 2 unspecified atom stereocenters. The SMILES string of the molecule is CC(CCNC(C)c1ccc(F)cc1Cl)c1ccccc1. The van der Waals surface area contributed by atoms with Crippen LogP contribution in [0.1, 0.15) is 43.4 Å². The maximum absolute atomic E-state index is 13.1. The standard InChI is InChI=1S/C18H21ClFN/c1-13(15-6-4-3-5-7-15)10-11-21-14(2)17-9-8-16(20)12-18(17)19/h3-9,12-14,21H,10-11H2,1-2H3. The molecule has 0 radical (unpaired) electrons. The molecule has 0 aliphatic rings. The van der Waals surface area contributed by atoms with Crippen LogP contribution in [0.5, 0.6) is 0 Å². The van der Waals surface area contributed by atoms with Crippen LogP contribution in [-0.2, 0) is 0 Å². The van der Waals surface area contributed by atoms with Gasteiger partial charge < -0.3 is 5.32 Å². The maximum Gasteiger partial charge on any atom is 0.124 e. The van der Waals surface area contributed by atoms with Crippen molar-refractivity contribution in [1.29, 1.82) is 0 Å². The van der Waals surface area contributed by atoms with Gasteiger partial charge in [0.1, 0.15) is 5.82 Å². The summed E-state index contributed by atoms with van der Waals surface area (Å²) in [4.78, 5) is 0. The number of rotatable bonds is 6. The van der Waals surface area contributed by atoms with E-state index in [2.05, 4.69) is 36.5 Å². The first kappa shape index (κ1) is 16.0. The molecule has 3 heteroatoms. The fourth-order valence-electron chi connectivity index (χ4n) is 2.43. The van der Waals surface area contributed by atoms with Crippen LogP contribution in [0.25, 0.3) is 0 Å². The van der Waals surface area contributed by atoms with Crippen LogP contribution in [0.3, 0.4) is 0 Å². The Morgan fingerprint density at radius 3 is 2.48 bits per heavy atom. The Morgan fingerprint density at radius 1 is 1.10 bits per heavy atom. The summed E-state index contributed by atoms with van der Waals surface area (Å²) in [7, 11) is 0. The van der Waals surface area contributed by atoms with E-state index in [-0.39, 0.29) is 11.9 Å². The van der Waals surface area contributed by atoms with Crippen molar-refractivity contribution in [2.24, 2.45) is 0 Å². The van der Waals surface area contributed by atoms with Gasteiger partial charge >= 0.3 is 0 Å². The zero-order valence-corrected chi connectivity index (χ0v) is 13.2. The van der Waals surface area contributed by atoms with Crippen LogP contribution in [-0.4, -0.2) is 6.54 Å². The highest BCUT2D eigenvalue weighted by Crippen LogP contribution is 2.24. The molecule has 0 saturated heterocycles. The van der Waals surface area contributed by atoms with Crippen molar-refractivity contribution in [2.75, 3.05) is 6.54 Å². The van der Waals surface area contributed by atoms with Crippen LogP contribution in [0.2, 0.25) is 5.02 Å². The zero-order valence-electron chi connectivity index (χ0n) is 12.4. The van der Waals surface area contributed by atoms with E-state index >= 15 is 0 Å². The van der Waals surface area contributed by atoms with Gasteiger partial charge in [-0.1, -0.05) is 54.9 Å². The first-order chi connectivity index (χ1) is 10.1. The Labute approximate surface area is 131 Å². The molecule has 0 heterocycles. The largest absolute Gasteiger partial charge is 0.310 e. The number of halogens is 2. The average molecular weight is 306 g/mol. The van der Waals surface area contributed by atoms with Crippen LogP contribution in [0, 0.1) is 5.82 Å². The van der Waals surface area contributed by atoms with Gasteiger partial charge in [-0.2, -0.15) is 0 Å². The van der Waals surface area contributed by atoms with Crippen molar-refractivity contribution >= 4 is 11.6 Å². The summed E-state index contributed by atoms with van der Waals surface area (Å²) in [6.07, 6.45) is 1.05. The van der Waals surface area contributed by atoms with Gasteiger partial charge in [-0.15, -0.1) is 0 Å². The molecule has 1 nitrogen and oxygen atoms in total. The van der Waals surface area contributed by atoms with Gasteiger partial charge in [0.2, 0.25) is 0 Å². The molecule has 2 atom stereocenters. The van der Waals surface area contributed by atoms with Crippen molar-refractivity contribution in [1.82, 2.24) is 5.32 Å². The normalized spacial score (nSPS) is 13.9. The second-order valence-electron chi connectivity index (χ2n) is 5.44. The highest BCUT2D eigenvalue weighted by atomic mass is 35.5. The van der Waals surface area contributed by atoms with Crippen molar-refractivity contribution in [3.8, 4) is 0 Å². The molecule has 2 aromatic carbocycles. The molecule has 2 aromatic rings. The molecular weight excluding hydrogens is 285 g/mol. The molecular formula is C18H21ClFN. The minimum absolute atomic E-state index is 0.112. The lowest BCUT2D eigenvalue weighted by Gasteiger charge is -2.18. The smallest absolute Gasteiger partial charge is 0.124 e. The van der Waals surface area contributed by atoms with Crippen molar-refractivity contribution in [3.05, 3.63) is 70.5 Å². The number of hydrogen-bond donors (Lipinski definition) is 1. The number of benzene rings is 2. The minimum atomic E-state index is -0.298. The quantitative estimate of drug-likeness (QED) is 0.761. The summed E-state index contributed by atoms with van der Waals surface area (Å²) < 4.78 is 13.1. The summed E-state index contributed by atoms with van der Waals surface area (Å²) in [5.74, 6) is 0.211. The lowest BCUT2D eigenvalue weighted by atomic mass is 9.97. The van der Waals surface area contributed by atoms with Crippen molar-refractivity contribution in [2.45, 2.75) is 32.2 Å².